The molecule has 0 aromatic heterocycles. The van der Waals surface area contributed by atoms with E-state index in [1.165, 1.54) is 5.56 Å². The SMILES string of the molecule is CC(C)(C)OC(=O)N1[C@@H](CNCc2ccccc2)C[C@H]2C[C@H]21. The van der Waals surface area contributed by atoms with Crippen molar-refractivity contribution in [2.45, 2.75) is 57.8 Å². The first-order valence-corrected chi connectivity index (χ1v) is 8.20. The van der Waals surface area contributed by atoms with Crippen molar-refractivity contribution >= 4 is 6.09 Å². The van der Waals surface area contributed by atoms with Gasteiger partial charge in [0, 0.05) is 25.2 Å². The Hall–Kier alpha value is -1.55. The van der Waals surface area contributed by atoms with E-state index in [1.54, 1.807) is 0 Å². The van der Waals surface area contributed by atoms with Crippen molar-refractivity contribution in [1.29, 1.82) is 0 Å². The quantitative estimate of drug-likeness (QED) is 0.929. The van der Waals surface area contributed by atoms with Gasteiger partial charge in [0.2, 0.25) is 0 Å². The number of carbonyl (C=O) groups is 1. The van der Waals surface area contributed by atoms with Crippen LogP contribution in [-0.2, 0) is 11.3 Å². The summed E-state index contributed by atoms with van der Waals surface area (Å²) in [4.78, 5) is 14.4. The van der Waals surface area contributed by atoms with Crippen LogP contribution in [0.2, 0.25) is 0 Å². The van der Waals surface area contributed by atoms with Crippen LogP contribution in [0, 0.1) is 5.92 Å². The van der Waals surface area contributed by atoms with Crippen molar-refractivity contribution in [2.75, 3.05) is 6.54 Å². The van der Waals surface area contributed by atoms with Crippen molar-refractivity contribution in [3.05, 3.63) is 35.9 Å². The van der Waals surface area contributed by atoms with E-state index in [-0.39, 0.29) is 12.1 Å². The molecule has 4 nitrogen and oxygen atoms in total. The summed E-state index contributed by atoms with van der Waals surface area (Å²) in [5, 5.41) is 3.48. The number of nitrogens with one attached hydrogen (secondary N) is 1. The van der Waals surface area contributed by atoms with E-state index in [4.69, 9.17) is 4.74 Å². The zero-order valence-electron chi connectivity index (χ0n) is 13.7. The van der Waals surface area contributed by atoms with Crippen LogP contribution in [0.5, 0.6) is 0 Å². The molecule has 1 aromatic carbocycles. The van der Waals surface area contributed by atoms with E-state index in [9.17, 15) is 4.79 Å². The predicted molar refractivity (Wildman–Crippen MR) is 86.5 cm³/mol. The fourth-order valence-corrected chi connectivity index (χ4v) is 3.32. The zero-order chi connectivity index (χ0) is 15.7. The maximum Gasteiger partial charge on any atom is 0.410 e. The molecule has 3 atom stereocenters. The predicted octanol–water partition coefficient (Wildman–Crippen LogP) is 3.17. The monoisotopic (exact) mass is 302 g/mol. The molecule has 3 rings (SSSR count). The molecule has 1 heterocycles. The van der Waals surface area contributed by atoms with Crippen LogP contribution in [0.4, 0.5) is 4.79 Å². The molecular formula is C18H26N2O2. The molecule has 1 aliphatic heterocycles. The van der Waals surface area contributed by atoms with Crippen molar-refractivity contribution in [1.82, 2.24) is 10.2 Å². The normalized spacial score (nSPS) is 26.7. The molecule has 1 saturated carbocycles. The third kappa shape index (κ3) is 3.61. The average Bonchev–Trinajstić information content (AvgIpc) is 3.09. The molecule has 2 fully saturated rings. The Morgan fingerprint density at radius 2 is 2.00 bits per heavy atom. The topological polar surface area (TPSA) is 41.6 Å². The highest BCUT2D eigenvalue weighted by molar-refractivity contribution is 5.70. The lowest BCUT2D eigenvalue weighted by Gasteiger charge is -2.30. The lowest BCUT2D eigenvalue weighted by Crippen LogP contribution is -2.46. The van der Waals surface area contributed by atoms with E-state index >= 15 is 0 Å². The van der Waals surface area contributed by atoms with Gasteiger partial charge in [0.15, 0.2) is 0 Å². The zero-order valence-corrected chi connectivity index (χ0v) is 13.7. The highest BCUT2D eigenvalue weighted by Gasteiger charge is 2.54. The van der Waals surface area contributed by atoms with Gasteiger partial charge in [-0.3, -0.25) is 0 Å². The minimum atomic E-state index is -0.425. The number of piperidine rings is 1. The molecule has 0 spiro atoms. The van der Waals surface area contributed by atoms with Crippen LogP contribution in [-0.4, -0.2) is 35.2 Å². The molecule has 1 saturated heterocycles. The van der Waals surface area contributed by atoms with Gasteiger partial charge in [-0.05, 0) is 45.1 Å². The van der Waals surface area contributed by atoms with Crippen LogP contribution in [0.25, 0.3) is 0 Å². The lowest BCUT2D eigenvalue weighted by molar-refractivity contribution is 0.0184. The third-order valence-corrected chi connectivity index (χ3v) is 4.37. The van der Waals surface area contributed by atoms with Gasteiger partial charge in [0.25, 0.3) is 0 Å². The van der Waals surface area contributed by atoms with Crippen LogP contribution in [0.3, 0.4) is 0 Å². The van der Waals surface area contributed by atoms with Gasteiger partial charge in [0.05, 0.1) is 0 Å². The van der Waals surface area contributed by atoms with E-state index in [0.717, 1.165) is 25.9 Å². The Morgan fingerprint density at radius 1 is 1.27 bits per heavy atom. The Bertz CT molecular complexity index is 524. The molecular weight excluding hydrogens is 276 g/mol. The van der Waals surface area contributed by atoms with Gasteiger partial charge >= 0.3 is 6.09 Å². The summed E-state index contributed by atoms with van der Waals surface area (Å²) in [5.41, 5.74) is 0.848. The van der Waals surface area contributed by atoms with E-state index in [2.05, 4.69) is 29.6 Å². The van der Waals surface area contributed by atoms with Crippen molar-refractivity contribution in [3.63, 3.8) is 0 Å². The number of likely N-dealkylation sites (tertiary alicyclic amines) is 1. The number of amides is 1. The molecule has 1 N–H and O–H groups in total. The molecule has 0 bridgehead atoms. The number of fused-ring (bicyclic) bond motifs is 1. The van der Waals surface area contributed by atoms with Gasteiger partial charge in [-0.2, -0.15) is 0 Å². The summed E-state index contributed by atoms with van der Waals surface area (Å²) in [6.07, 6.45) is 2.10. The summed E-state index contributed by atoms with van der Waals surface area (Å²) in [6, 6.07) is 11.0. The molecule has 120 valence electrons. The number of hydrogen-bond acceptors (Lipinski definition) is 3. The summed E-state index contributed by atoms with van der Waals surface area (Å²) in [7, 11) is 0. The Kier molecular flexibility index (Phi) is 4.13. The Morgan fingerprint density at radius 3 is 2.68 bits per heavy atom. The largest absolute Gasteiger partial charge is 0.444 e. The highest BCUT2D eigenvalue weighted by Crippen LogP contribution is 2.48. The standard InChI is InChI=1S/C18H26N2O2/c1-18(2,3)22-17(21)20-15(9-14-10-16(14)20)12-19-11-13-7-5-4-6-8-13/h4-8,14-16,19H,9-12H2,1-3H3/t14-,15+,16+/m0/s1. The Labute approximate surface area is 132 Å². The van der Waals surface area contributed by atoms with Gasteiger partial charge in [-0.15, -0.1) is 0 Å². The van der Waals surface area contributed by atoms with Crippen LogP contribution >= 0.6 is 0 Å². The molecule has 1 aliphatic carbocycles. The molecule has 4 heteroatoms. The van der Waals surface area contributed by atoms with Crippen LogP contribution in [0.1, 0.15) is 39.2 Å². The molecule has 1 aromatic rings. The summed E-state index contributed by atoms with van der Waals surface area (Å²) >= 11 is 0. The van der Waals surface area contributed by atoms with E-state index in [1.807, 2.05) is 31.7 Å². The highest BCUT2D eigenvalue weighted by atomic mass is 16.6. The Balaban J connectivity index is 1.53. The maximum atomic E-state index is 12.4. The first kappa shape index (κ1) is 15.3. The van der Waals surface area contributed by atoms with Crippen molar-refractivity contribution < 1.29 is 9.53 Å². The van der Waals surface area contributed by atoms with Crippen molar-refractivity contribution in [2.24, 2.45) is 5.92 Å². The van der Waals surface area contributed by atoms with Gasteiger partial charge < -0.3 is 15.0 Å². The number of carbonyl (C=O) groups excluding carboxylic acids is 1. The summed E-state index contributed by atoms with van der Waals surface area (Å²) in [5.74, 6) is 0.691. The fourth-order valence-electron chi connectivity index (χ4n) is 3.32. The van der Waals surface area contributed by atoms with Gasteiger partial charge in [-0.1, -0.05) is 30.3 Å². The van der Waals surface area contributed by atoms with E-state index < -0.39 is 5.60 Å². The molecule has 22 heavy (non-hydrogen) atoms. The van der Waals surface area contributed by atoms with Crippen LogP contribution < -0.4 is 5.32 Å². The van der Waals surface area contributed by atoms with Crippen LogP contribution in [0.15, 0.2) is 30.3 Å². The second kappa shape index (κ2) is 5.92. The molecule has 0 unspecified atom stereocenters. The van der Waals surface area contributed by atoms with Gasteiger partial charge in [-0.25, -0.2) is 4.79 Å². The average molecular weight is 302 g/mol. The van der Waals surface area contributed by atoms with Gasteiger partial charge in [0.1, 0.15) is 5.60 Å². The summed E-state index contributed by atoms with van der Waals surface area (Å²) in [6.45, 7) is 7.45. The lowest BCUT2D eigenvalue weighted by atomic mass is 10.1. The molecule has 1 amide bonds. The first-order valence-electron chi connectivity index (χ1n) is 8.20. The fraction of sp³-hybridized carbons (Fsp3) is 0.611. The number of benzene rings is 1. The number of hydrogen-bond donors (Lipinski definition) is 1. The maximum absolute atomic E-state index is 12.4. The summed E-state index contributed by atoms with van der Waals surface area (Å²) < 4.78 is 5.57. The second-order valence-corrected chi connectivity index (χ2v) is 7.46. The third-order valence-electron chi connectivity index (χ3n) is 4.37. The number of rotatable bonds is 4. The number of ether oxygens (including phenoxy) is 1. The van der Waals surface area contributed by atoms with E-state index in [0.29, 0.717) is 12.0 Å². The molecule has 2 aliphatic rings. The molecule has 0 radical (unpaired) electrons. The first-order chi connectivity index (χ1) is 10.4. The smallest absolute Gasteiger partial charge is 0.410 e. The number of nitrogens with zero attached hydrogens (tertiary/aromatic N) is 1. The van der Waals surface area contributed by atoms with Crippen molar-refractivity contribution in [3.8, 4) is 0 Å². The minimum absolute atomic E-state index is 0.149. The minimum Gasteiger partial charge on any atom is -0.444 e. The second-order valence-electron chi connectivity index (χ2n) is 7.46.